The van der Waals surface area contributed by atoms with Gasteiger partial charge in [-0.3, -0.25) is 10.1 Å². The molecule has 1 rings (SSSR count). The molecule has 1 N–H and O–H groups in total. The second-order valence-electron chi connectivity index (χ2n) is 2.58. The zero-order valence-corrected chi connectivity index (χ0v) is 10.3. The third-order valence-corrected chi connectivity index (χ3v) is 2.97. The van der Waals surface area contributed by atoms with Crippen LogP contribution in [0.4, 0.5) is 18.9 Å². The fourth-order valence-electron chi connectivity index (χ4n) is 0.892. The zero-order chi connectivity index (χ0) is 12.5. The lowest BCUT2D eigenvalue weighted by molar-refractivity contribution is -0.386. The van der Waals surface area contributed by atoms with Crippen molar-refractivity contribution in [1.29, 1.82) is 0 Å². The number of thioether (sulfide) groups is 1. The molecule has 0 heterocycles. The van der Waals surface area contributed by atoms with Crippen LogP contribution in [0.15, 0.2) is 17.0 Å². The molecule has 16 heavy (non-hydrogen) atoms. The van der Waals surface area contributed by atoms with Crippen molar-refractivity contribution in [2.45, 2.75) is 10.4 Å². The normalized spacial score (nSPS) is 11.5. The summed E-state index contributed by atoms with van der Waals surface area (Å²) in [6.45, 7) is 0. The molecule has 0 radical (unpaired) electrons. The van der Waals surface area contributed by atoms with Gasteiger partial charge in [0.1, 0.15) is 0 Å². The Bertz CT molecular complexity index is 438. The lowest BCUT2D eigenvalue weighted by Gasteiger charge is -2.06. The summed E-state index contributed by atoms with van der Waals surface area (Å²) in [5.41, 5.74) is -5.26. The van der Waals surface area contributed by atoms with Gasteiger partial charge in [-0.05, 0) is 40.4 Å². The van der Waals surface area contributed by atoms with Gasteiger partial charge in [0.15, 0.2) is 0 Å². The predicted molar refractivity (Wildman–Crippen MR) is 59.4 cm³/mol. The Morgan fingerprint density at radius 1 is 1.44 bits per heavy atom. The summed E-state index contributed by atoms with van der Waals surface area (Å²) in [5, 5.41) is 19.7. The van der Waals surface area contributed by atoms with Crippen LogP contribution in [0.5, 0.6) is 5.75 Å². The van der Waals surface area contributed by atoms with Crippen molar-refractivity contribution in [1.82, 2.24) is 0 Å². The number of alkyl halides is 3. The van der Waals surface area contributed by atoms with E-state index in [1.54, 1.807) is 0 Å². The van der Waals surface area contributed by atoms with E-state index >= 15 is 0 Å². The number of rotatable bonds is 2. The average Bonchev–Trinajstić information content (AvgIpc) is 2.07. The van der Waals surface area contributed by atoms with Gasteiger partial charge in [0, 0.05) is 11.0 Å². The molecule has 0 bridgehead atoms. The van der Waals surface area contributed by atoms with Gasteiger partial charge >= 0.3 is 11.2 Å². The molecule has 0 saturated heterocycles. The van der Waals surface area contributed by atoms with Crippen molar-refractivity contribution >= 4 is 40.0 Å². The van der Waals surface area contributed by atoms with E-state index in [4.69, 9.17) is 0 Å². The molecule has 0 aromatic heterocycles. The molecule has 1 aromatic rings. The summed E-state index contributed by atoms with van der Waals surface area (Å²) >= 11 is 1.06. The van der Waals surface area contributed by atoms with Crippen LogP contribution in [-0.2, 0) is 0 Å². The highest BCUT2D eigenvalue weighted by molar-refractivity contribution is 14.1. The number of nitrogens with zero attached hydrogens (tertiary/aromatic N) is 1. The Hall–Kier alpha value is -0.710. The quantitative estimate of drug-likeness (QED) is 0.377. The fourth-order valence-corrected chi connectivity index (χ4v) is 2.33. The van der Waals surface area contributed by atoms with E-state index in [0.717, 1.165) is 6.07 Å². The minimum Gasteiger partial charge on any atom is -0.501 e. The molecule has 1 aromatic carbocycles. The summed E-state index contributed by atoms with van der Waals surface area (Å²) < 4.78 is 36.1. The van der Waals surface area contributed by atoms with Crippen LogP contribution in [0.3, 0.4) is 0 Å². The first-order valence-electron chi connectivity index (χ1n) is 3.63. The minimum atomic E-state index is -4.52. The van der Waals surface area contributed by atoms with E-state index in [1.807, 2.05) is 0 Å². The first-order valence-corrected chi connectivity index (χ1v) is 5.53. The molecular weight excluding hydrogens is 362 g/mol. The molecule has 0 aliphatic rings. The number of phenols is 1. The van der Waals surface area contributed by atoms with Crippen molar-refractivity contribution in [3.8, 4) is 5.75 Å². The van der Waals surface area contributed by atoms with Crippen LogP contribution in [0, 0.1) is 13.7 Å². The summed E-state index contributed by atoms with van der Waals surface area (Å²) in [6, 6.07) is 1.72. The van der Waals surface area contributed by atoms with E-state index < -0.39 is 33.6 Å². The highest BCUT2D eigenvalue weighted by Gasteiger charge is 2.31. The lowest BCUT2D eigenvalue weighted by Crippen LogP contribution is -2.00. The molecule has 0 saturated carbocycles. The molecule has 0 unspecified atom stereocenters. The van der Waals surface area contributed by atoms with E-state index in [-0.39, 0.29) is 8.47 Å². The maximum absolute atomic E-state index is 12.0. The number of benzene rings is 1. The monoisotopic (exact) mass is 365 g/mol. The van der Waals surface area contributed by atoms with Crippen molar-refractivity contribution in [3.05, 3.63) is 25.8 Å². The van der Waals surface area contributed by atoms with Crippen molar-refractivity contribution in [2.75, 3.05) is 0 Å². The van der Waals surface area contributed by atoms with Crippen LogP contribution in [0.1, 0.15) is 0 Å². The molecule has 0 aliphatic carbocycles. The van der Waals surface area contributed by atoms with Crippen LogP contribution in [0.25, 0.3) is 0 Å². The van der Waals surface area contributed by atoms with E-state index in [2.05, 4.69) is 0 Å². The van der Waals surface area contributed by atoms with Crippen LogP contribution < -0.4 is 0 Å². The van der Waals surface area contributed by atoms with Crippen molar-refractivity contribution < 1.29 is 23.2 Å². The number of nitro benzene ring substituents is 1. The first-order chi connectivity index (χ1) is 7.20. The molecule has 0 spiro atoms. The molecular formula is C7H3F3INO3S. The van der Waals surface area contributed by atoms with Crippen molar-refractivity contribution in [3.63, 3.8) is 0 Å². The Morgan fingerprint density at radius 3 is 2.44 bits per heavy atom. The number of nitro groups is 1. The molecule has 0 aliphatic heterocycles. The van der Waals surface area contributed by atoms with Crippen molar-refractivity contribution in [2.24, 2.45) is 0 Å². The predicted octanol–water partition coefficient (Wildman–Crippen LogP) is 3.52. The van der Waals surface area contributed by atoms with Gasteiger partial charge < -0.3 is 5.11 Å². The van der Waals surface area contributed by atoms with Gasteiger partial charge in [0.25, 0.3) is 0 Å². The van der Waals surface area contributed by atoms with Crippen LogP contribution in [0.2, 0.25) is 0 Å². The molecule has 0 amide bonds. The summed E-state index contributed by atoms with van der Waals surface area (Å²) in [5.74, 6) is -0.628. The Balaban J connectivity index is 3.19. The number of aromatic hydroxyl groups is 1. The van der Waals surface area contributed by atoms with Gasteiger partial charge in [0.2, 0.25) is 5.75 Å². The average molecular weight is 365 g/mol. The first kappa shape index (κ1) is 13.4. The van der Waals surface area contributed by atoms with Crippen LogP contribution >= 0.6 is 34.4 Å². The lowest BCUT2D eigenvalue weighted by atomic mass is 10.3. The van der Waals surface area contributed by atoms with Gasteiger partial charge in [-0.25, -0.2) is 0 Å². The number of phenolic OH excluding ortho intramolecular Hbond substituents is 1. The Morgan fingerprint density at radius 2 is 2.00 bits per heavy atom. The second-order valence-corrected chi connectivity index (χ2v) is 4.88. The fraction of sp³-hybridized carbons (Fsp3) is 0.143. The Labute approximate surface area is 105 Å². The topological polar surface area (TPSA) is 63.4 Å². The van der Waals surface area contributed by atoms with E-state index in [9.17, 15) is 28.4 Å². The van der Waals surface area contributed by atoms with Gasteiger partial charge in [-0.1, -0.05) is 0 Å². The third-order valence-electron chi connectivity index (χ3n) is 1.45. The highest BCUT2D eigenvalue weighted by atomic mass is 127. The number of hydrogen-bond donors (Lipinski definition) is 1. The standard InChI is InChI=1S/C7H3F3INO3S/c8-7(9,10)16-3-1-4(11)6(13)5(2-3)12(14)15/h1-2,13H. The minimum absolute atomic E-state index is 0.00134. The summed E-state index contributed by atoms with van der Waals surface area (Å²) in [6.07, 6.45) is 0. The maximum atomic E-state index is 12.0. The Kier molecular flexibility index (Phi) is 3.88. The van der Waals surface area contributed by atoms with Gasteiger partial charge in [-0.15, -0.1) is 0 Å². The van der Waals surface area contributed by atoms with Crippen LogP contribution in [-0.4, -0.2) is 15.5 Å². The molecule has 0 atom stereocenters. The van der Waals surface area contributed by atoms with E-state index in [1.165, 1.54) is 22.6 Å². The second kappa shape index (κ2) is 4.65. The molecule has 9 heteroatoms. The third kappa shape index (κ3) is 3.40. The maximum Gasteiger partial charge on any atom is 0.446 e. The zero-order valence-electron chi connectivity index (χ0n) is 7.29. The van der Waals surface area contributed by atoms with Gasteiger partial charge in [-0.2, -0.15) is 13.2 Å². The molecule has 88 valence electrons. The molecule has 4 nitrogen and oxygen atoms in total. The van der Waals surface area contributed by atoms with E-state index in [0.29, 0.717) is 6.07 Å². The smallest absolute Gasteiger partial charge is 0.446 e. The largest absolute Gasteiger partial charge is 0.501 e. The number of halogens is 4. The van der Waals surface area contributed by atoms with Gasteiger partial charge in [0.05, 0.1) is 8.49 Å². The highest BCUT2D eigenvalue weighted by Crippen LogP contribution is 2.41. The molecule has 0 fully saturated rings. The number of hydrogen-bond acceptors (Lipinski definition) is 4. The summed E-state index contributed by atoms with van der Waals surface area (Å²) in [7, 11) is 0. The summed E-state index contributed by atoms with van der Waals surface area (Å²) in [4.78, 5) is 9.18. The SMILES string of the molecule is O=[N+]([O-])c1cc(SC(F)(F)F)cc(I)c1O.